The van der Waals surface area contributed by atoms with Crippen LogP contribution in [0.4, 0.5) is 8.78 Å². The lowest BCUT2D eigenvalue weighted by molar-refractivity contribution is 0.192. The van der Waals surface area contributed by atoms with Gasteiger partial charge in [0, 0.05) is 12.6 Å². The van der Waals surface area contributed by atoms with E-state index in [1.807, 2.05) is 0 Å². The van der Waals surface area contributed by atoms with Gasteiger partial charge in [0.2, 0.25) is 6.86 Å². The number of nitrogens with two attached hydrogens (primary N) is 1. The maximum absolute atomic E-state index is 14.1. The first-order chi connectivity index (χ1) is 10.2. The lowest BCUT2D eigenvalue weighted by atomic mass is 10.2. The van der Waals surface area contributed by atoms with Gasteiger partial charge in [-0.3, -0.25) is 0 Å². The Morgan fingerprint density at radius 3 is 2.76 bits per heavy atom. The van der Waals surface area contributed by atoms with Crippen LogP contribution in [0.5, 0.6) is 5.75 Å². The molecular weight excluding hydrogens is 278 g/mol. The summed E-state index contributed by atoms with van der Waals surface area (Å²) in [4.78, 5) is 0. The molecule has 0 fully saturated rings. The maximum Gasteiger partial charge on any atom is 0.228 e. The zero-order valence-corrected chi connectivity index (χ0v) is 11.0. The summed E-state index contributed by atoms with van der Waals surface area (Å²) in [5, 5.41) is 7.87. The van der Waals surface area contributed by atoms with Crippen LogP contribution >= 0.6 is 0 Å². The lowest BCUT2D eigenvalue weighted by Gasteiger charge is -2.06. The summed E-state index contributed by atoms with van der Waals surface area (Å²) in [7, 11) is 0. The van der Waals surface area contributed by atoms with Crippen molar-refractivity contribution in [3.63, 3.8) is 0 Å². The average molecular weight is 290 g/mol. The first-order valence-electron chi connectivity index (χ1n) is 6.26. The molecule has 0 atom stereocenters. The first-order valence-corrected chi connectivity index (χ1v) is 6.26. The molecular formula is C14H12F2N4O. The van der Waals surface area contributed by atoms with Crippen molar-refractivity contribution in [1.29, 1.82) is 0 Å². The summed E-state index contributed by atoms with van der Waals surface area (Å²) in [5.41, 5.74) is 7.53. The second kappa shape index (κ2) is 5.45. The number of halogens is 2. The summed E-state index contributed by atoms with van der Waals surface area (Å²) in [6.45, 7) is -0.659. The molecule has 0 aliphatic carbocycles. The second-order valence-corrected chi connectivity index (χ2v) is 4.40. The van der Waals surface area contributed by atoms with Gasteiger partial charge in [0.05, 0.1) is 5.52 Å². The van der Waals surface area contributed by atoms with Gasteiger partial charge in [-0.1, -0.05) is 11.3 Å². The van der Waals surface area contributed by atoms with Crippen LogP contribution < -0.4 is 10.5 Å². The zero-order valence-electron chi connectivity index (χ0n) is 11.0. The molecule has 5 nitrogen and oxygen atoms in total. The molecule has 0 aliphatic heterocycles. The Morgan fingerprint density at radius 2 is 2.05 bits per heavy atom. The molecule has 3 aromatic rings. The number of hydrogen-bond acceptors (Lipinski definition) is 4. The molecule has 0 bridgehead atoms. The highest BCUT2D eigenvalue weighted by Gasteiger charge is 2.12. The van der Waals surface area contributed by atoms with Crippen LogP contribution in [0, 0.1) is 5.82 Å². The van der Waals surface area contributed by atoms with E-state index in [2.05, 4.69) is 10.3 Å². The van der Waals surface area contributed by atoms with Crippen molar-refractivity contribution >= 4 is 11.0 Å². The Bertz CT molecular complexity index is 788. The molecule has 3 rings (SSSR count). The van der Waals surface area contributed by atoms with E-state index in [0.717, 1.165) is 0 Å². The number of fused-ring (bicyclic) bond motifs is 1. The quantitative estimate of drug-likeness (QED) is 0.801. The molecule has 108 valence electrons. The van der Waals surface area contributed by atoms with E-state index in [9.17, 15) is 8.78 Å². The van der Waals surface area contributed by atoms with Gasteiger partial charge in [0.25, 0.3) is 0 Å². The number of nitrogens with zero attached hydrogens (tertiary/aromatic N) is 3. The number of alkyl halides is 1. The van der Waals surface area contributed by atoms with Gasteiger partial charge >= 0.3 is 0 Å². The minimum Gasteiger partial charge on any atom is -0.463 e. The van der Waals surface area contributed by atoms with Gasteiger partial charge < -0.3 is 10.5 Å². The molecule has 2 aromatic carbocycles. The van der Waals surface area contributed by atoms with Crippen LogP contribution in [0.15, 0.2) is 36.4 Å². The molecule has 0 radical (unpaired) electrons. The third-order valence-electron chi connectivity index (χ3n) is 3.11. The van der Waals surface area contributed by atoms with Gasteiger partial charge in [0.1, 0.15) is 22.8 Å². The SMILES string of the molecule is NCc1ccc(-n2nnc3cc(OCF)ccc32)c(F)c1. The number of hydrogen-bond donors (Lipinski definition) is 1. The molecule has 7 heteroatoms. The monoisotopic (exact) mass is 290 g/mol. The molecule has 21 heavy (non-hydrogen) atoms. The summed E-state index contributed by atoms with van der Waals surface area (Å²) in [5.74, 6) is -0.0927. The molecule has 0 amide bonds. The van der Waals surface area contributed by atoms with Crippen LogP contribution in [0.1, 0.15) is 5.56 Å². The van der Waals surface area contributed by atoms with Gasteiger partial charge in [-0.15, -0.1) is 5.10 Å². The first kappa shape index (κ1) is 13.4. The maximum atomic E-state index is 14.1. The van der Waals surface area contributed by atoms with Crippen LogP contribution in [-0.4, -0.2) is 21.9 Å². The number of benzene rings is 2. The highest BCUT2D eigenvalue weighted by Crippen LogP contribution is 2.23. The van der Waals surface area contributed by atoms with Crippen molar-refractivity contribution in [2.24, 2.45) is 5.73 Å². The summed E-state index contributed by atoms with van der Waals surface area (Å²) in [6, 6.07) is 9.46. The van der Waals surface area contributed by atoms with Crippen molar-refractivity contribution in [3.05, 3.63) is 47.8 Å². The van der Waals surface area contributed by atoms with Crippen LogP contribution in [-0.2, 0) is 6.54 Å². The Balaban J connectivity index is 2.08. The predicted octanol–water partition coefficient (Wildman–Crippen LogP) is 2.32. The molecule has 2 N–H and O–H groups in total. The molecule has 0 saturated heterocycles. The predicted molar refractivity (Wildman–Crippen MR) is 73.3 cm³/mol. The summed E-state index contributed by atoms with van der Waals surface area (Å²) >= 11 is 0. The zero-order chi connectivity index (χ0) is 14.8. The smallest absolute Gasteiger partial charge is 0.228 e. The third kappa shape index (κ3) is 2.43. The Kier molecular flexibility index (Phi) is 3.49. The van der Waals surface area contributed by atoms with E-state index < -0.39 is 12.7 Å². The largest absolute Gasteiger partial charge is 0.463 e. The third-order valence-corrected chi connectivity index (χ3v) is 3.11. The van der Waals surface area contributed by atoms with Crippen molar-refractivity contribution in [3.8, 4) is 11.4 Å². The fourth-order valence-corrected chi connectivity index (χ4v) is 2.08. The molecule has 1 aromatic heterocycles. The summed E-state index contributed by atoms with van der Waals surface area (Å²) in [6.07, 6.45) is 0. The van der Waals surface area contributed by atoms with Gasteiger partial charge in [-0.25, -0.2) is 13.5 Å². The van der Waals surface area contributed by atoms with Crippen LogP contribution in [0.2, 0.25) is 0 Å². The highest BCUT2D eigenvalue weighted by molar-refractivity contribution is 5.77. The Hall–Kier alpha value is -2.54. The minimum atomic E-state index is -0.922. The normalized spacial score (nSPS) is 11.0. The second-order valence-electron chi connectivity index (χ2n) is 4.40. The lowest BCUT2D eigenvalue weighted by Crippen LogP contribution is -2.03. The van der Waals surface area contributed by atoms with Crippen molar-refractivity contribution < 1.29 is 13.5 Å². The molecule has 0 unspecified atom stereocenters. The summed E-state index contributed by atoms with van der Waals surface area (Å²) < 4.78 is 32.4. The number of aromatic nitrogens is 3. The fourth-order valence-electron chi connectivity index (χ4n) is 2.08. The molecule has 0 spiro atoms. The minimum absolute atomic E-state index is 0.263. The number of rotatable bonds is 4. The van der Waals surface area contributed by atoms with E-state index in [1.165, 1.54) is 10.7 Å². The highest BCUT2D eigenvalue weighted by atomic mass is 19.1. The van der Waals surface area contributed by atoms with Crippen molar-refractivity contribution in [1.82, 2.24) is 15.0 Å². The van der Waals surface area contributed by atoms with E-state index in [4.69, 9.17) is 10.5 Å². The van der Waals surface area contributed by atoms with Gasteiger partial charge in [0.15, 0.2) is 0 Å². The Morgan fingerprint density at radius 1 is 1.19 bits per heavy atom. The van der Waals surface area contributed by atoms with Crippen LogP contribution in [0.3, 0.4) is 0 Å². The molecule has 0 aliphatic rings. The number of ether oxygens (including phenoxy) is 1. The van der Waals surface area contributed by atoms with E-state index in [-0.39, 0.29) is 12.2 Å². The fraction of sp³-hybridized carbons (Fsp3) is 0.143. The van der Waals surface area contributed by atoms with E-state index in [1.54, 1.807) is 30.3 Å². The molecule has 0 saturated carbocycles. The Labute approximate surface area is 118 Å². The van der Waals surface area contributed by atoms with E-state index in [0.29, 0.717) is 22.3 Å². The van der Waals surface area contributed by atoms with Gasteiger partial charge in [-0.05, 0) is 29.8 Å². The standard InChI is InChI=1S/C14H12F2N4O/c15-8-21-10-2-4-14-12(6-10)18-19-20(14)13-3-1-9(7-17)5-11(13)16/h1-6H,7-8,17H2. The van der Waals surface area contributed by atoms with Crippen LogP contribution in [0.25, 0.3) is 16.7 Å². The average Bonchev–Trinajstić information content (AvgIpc) is 2.90. The van der Waals surface area contributed by atoms with Crippen molar-refractivity contribution in [2.45, 2.75) is 6.54 Å². The van der Waals surface area contributed by atoms with Gasteiger partial charge in [-0.2, -0.15) is 0 Å². The molecule has 1 heterocycles. The van der Waals surface area contributed by atoms with Crippen molar-refractivity contribution in [2.75, 3.05) is 6.86 Å². The topological polar surface area (TPSA) is 66.0 Å². The van der Waals surface area contributed by atoms with E-state index >= 15 is 0 Å².